The van der Waals surface area contributed by atoms with Crippen LogP contribution in [-0.4, -0.2) is 15.5 Å². The number of carbonyl (C=O) groups is 1. The maximum absolute atomic E-state index is 11.6. The standard InChI is InChI=1S/C11H14N4OS/c1-6-5-17-11(13-6)15-7(2)4-9(8(15)3)10(16)14-12/h4-5H,12H2,1-3H3,(H,14,16). The van der Waals surface area contributed by atoms with Crippen LogP contribution in [0.25, 0.3) is 5.13 Å². The summed E-state index contributed by atoms with van der Waals surface area (Å²) in [7, 11) is 0. The number of nitrogens with one attached hydrogen (secondary N) is 1. The quantitative estimate of drug-likeness (QED) is 0.481. The van der Waals surface area contributed by atoms with Crippen molar-refractivity contribution in [3.63, 3.8) is 0 Å². The fourth-order valence-corrected chi connectivity index (χ4v) is 2.72. The fraction of sp³-hybridized carbons (Fsp3) is 0.273. The van der Waals surface area contributed by atoms with Gasteiger partial charge in [-0.05, 0) is 26.8 Å². The highest BCUT2D eigenvalue weighted by Gasteiger charge is 2.17. The summed E-state index contributed by atoms with van der Waals surface area (Å²) in [6.45, 7) is 5.77. The second kappa shape index (κ2) is 4.31. The van der Waals surface area contributed by atoms with Gasteiger partial charge in [0.25, 0.3) is 5.91 Å². The molecule has 0 spiro atoms. The highest BCUT2D eigenvalue weighted by atomic mass is 32.1. The first kappa shape index (κ1) is 11.8. The summed E-state index contributed by atoms with van der Waals surface area (Å²) in [4.78, 5) is 16.0. The zero-order chi connectivity index (χ0) is 12.6. The smallest absolute Gasteiger partial charge is 0.267 e. The van der Waals surface area contributed by atoms with Gasteiger partial charge in [0.2, 0.25) is 0 Å². The average molecular weight is 250 g/mol. The van der Waals surface area contributed by atoms with Crippen LogP contribution in [0.2, 0.25) is 0 Å². The van der Waals surface area contributed by atoms with Crippen molar-refractivity contribution in [2.45, 2.75) is 20.8 Å². The summed E-state index contributed by atoms with van der Waals surface area (Å²) in [6, 6.07) is 1.81. The molecule has 2 heterocycles. The molecule has 0 aliphatic carbocycles. The largest absolute Gasteiger partial charge is 0.294 e. The van der Waals surface area contributed by atoms with Crippen molar-refractivity contribution in [3.8, 4) is 5.13 Å². The zero-order valence-corrected chi connectivity index (χ0v) is 10.8. The van der Waals surface area contributed by atoms with E-state index < -0.39 is 0 Å². The van der Waals surface area contributed by atoms with Crippen molar-refractivity contribution < 1.29 is 4.79 Å². The predicted molar refractivity (Wildman–Crippen MR) is 67.3 cm³/mol. The number of rotatable bonds is 2. The van der Waals surface area contributed by atoms with Gasteiger partial charge in [-0.1, -0.05) is 0 Å². The molecule has 17 heavy (non-hydrogen) atoms. The molecule has 0 atom stereocenters. The minimum Gasteiger partial charge on any atom is -0.294 e. The summed E-state index contributed by atoms with van der Waals surface area (Å²) in [5.74, 6) is 4.87. The Morgan fingerprint density at radius 3 is 2.71 bits per heavy atom. The first-order valence-corrected chi connectivity index (χ1v) is 6.05. The molecule has 2 aromatic heterocycles. The van der Waals surface area contributed by atoms with Gasteiger partial charge in [-0.25, -0.2) is 10.8 Å². The number of aryl methyl sites for hydroxylation is 2. The Bertz CT molecular complexity index is 570. The maximum atomic E-state index is 11.6. The Kier molecular flexibility index (Phi) is 2.99. The van der Waals surface area contributed by atoms with E-state index in [0.717, 1.165) is 22.2 Å². The van der Waals surface area contributed by atoms with Crippen LogP contribution in [0.4, 0.5) is 0 Å². The Morgan fingerprint density at radius 1 is 1.47 bits per heavy atom. The van der Waals surface area contributed by atoms with E-state index in [1.165, 1.54) is 0 Å². The molecule has 6 heteroatoms. The molecule has 0 saturated heterocycles. The normalized spacial score (nSPS) is 10.6. The van der Waals surface area contributed by atoms with E-state index in [1.807, 2.05) is 36.8 Å². The third-order valence-electron chi connectivity index (χ3n) is 2.61. The number of hydrogen-bond acceptors (Lipinski definition) is 4. The minimum atomic E-state index is -0.280. The van der Waals surface area contributed by atoms with Gasteiger partial charge in [-0.2, -0.15) is 0 Å². The lowest BCUT2D eigenvalue weighted by molar-refractivity contribution is 0.0953. The molecule has 1 amide bonds. The number of aromatic nitrogens is 2. The van der Waals surface area contributed by atoms with Crippen LogP contribution >= 0.6 is 11.3 Å². The van der Waals surface area contributed by atoms with E-state index in [0.29, 0.717) is 5.56 Å². The van der Waals surface area contributed by atoms with Crippen LogP contribution in [0.1, 0.15) is 27.4 Å². The number of thiazole rings is 1. The summed E-state index contributed by atoms with van der Waals surface area (Å²) in [5, 5.41) is 2.85. The Morgan fingerprint density at radius 2 is 2.18 bits per heavy atom. The third kappa shape index (κ3) is 1.96. The Balaban J connectivity index is 2.56. The van der Waals surface area contributed by atoms with Crippen molar-refractivity contribution in [1.82, 2.24) is 15.0 Å². The lowest BCUT2D eigenvalue weighted by Gasteiger charge is -2.05. The van der Waals surface area contributed by atoms with Gasteiger partial charge >= 0.3 is 0 Å². The molecule has 2 rings (SSSR count). The van der Waals surface area contributed by atoms with E-state index in [2.05, 4.69) is 10.4 Å². The summed E-state index contributed by atoms with van der Waals surface area (Å²) >= 11 is 1.55. The van der Waals surface area contributed by atoms with Gasteiger partial charge in [-0.3, -0.25) is 14.8 Å². The van der Waals surface area contributed by atoms with Gasteiger partial charge in [0.15, 0.2) is 5.13 Å². The van der Waals surface area contributed by atoms with E-state index in [-0.39, 0.29) is 5.91 Å². The molecule has 0 bridgehead atoms. The lowest BCUT2D eigenvalue weighted by atomic mass is 10.2. The minimum absolute atomic E-state index is 0.280. The number of hydrogen-bond donors (Lipinski definition) is 2. The topological polar surface area (TPSA) is 72.9 Å². The molecular formula is C11H14N4OS. The third-order valence-corrected chi connectivity index (χ3v) is 3.55. The zero-order valence-electron chi connectivity index (χ0n) is 9.94. The second-order valence-corrected chi connectivity index (χ2v) is 4.70. The molecule has 5 nitrogen and oxygen atoms in total. The van der Waals surface area contributed by atoms with E-state index in [4.69, 9.17) is 5.84 Å². The van der Waals surface area contributed by atoms with E-state index in [1.54, 1.807) is 11.3 Å². The Labute approximate surface area is 103 Å². The molecule has 90 valence electrons. The average Bonchev–Trinajstić information content (AvgIpc) is 2.82. The van der Waals surface area contributed by atoms with Crippen molar-refractivity contribution in [2.75, 3.05) is 0 Å². The molecule has 3 N–H and O–H groups in total. The highest BCUT2D eigenvalue weighted by Crippen LogP contribution is 2.23. The molecule has 2 aromatic rings. The Hall–Kier alpha value is -1.66. The molecule has 0 aliphatic heterocycles. The van der Waals surface area contributed by atoms with Crippen LogP contribution in [-0.2, 0) is 0 Å². The van der Waals surface area contributed by atoms with Crippen LogP contribution in [0.15, 0.2) is 11.4 Å². The SMILES string of the molecule is Cc1csc(-n2c(C)cc(C(=O)NN)c2C)n1. The number of amides is 1. The number of nitrogens with zero attached hydrogens (tertiary/aromatic N) is 2. The van der Waals surface area contributed by atoms with Crippen LogP contribution in [0.5, 0.6) is 0 Å². The number of carbonyl (C=O) groups excluding carboxylic acids is 1. The van der Waals surface area contributed by atoms with E-state index in [9.17, 15) is 4.79 Å². The molecule has 0 fully saturated rings. The second-order valence-electron chi connectivity index (χ2n) is 3.87. The molecule has 0 aromatic carbocycles. The first-order chi connectivity index (χ1) is 8.04. The number of nitrogen functional groups attached to an aromatic ring is 1. The fourth-order valence-electron chi connectivity index (χ4n) is 1.81. The lowest BCUT2D eigenvalue weighted by Crippen LogP contribution is -2.30. The first-order valence-electron chi connectivity index (χ1n) is 5.17. The van der Waals surface area contributed by atoms with Crippen LogP contribution in [0.3, 0.4) is 0 Å². The van der Waals surface area contributed by atoms with Crippen molar-refractivity contribution in [1.29, 1.82) is 0 Å². The van der Waals surface area contributed by atoms with Crippen molar-refractivity contribution in [2.24, 2.45) is 5.84 Å². The molecule has 0 saturated carbocycles. The predicted octanol–water partition coefficient (Wildman–Crippen LogP) is 1.46. The molecule has 0 unspecified atom stereocenters. The molecule has 0 aliphatic rings. The molecule has 0 radical (unpaired) electrons. The van der Waals surface area contributed by atoms with Gasteiger partial charge < -0.3 is 0 Å². The monoisotopic (exact) mass is 250 g/mol. The van der Waals surface area contributed by atoms with Crippen molar-refractivity contribution >= 4 is 17.2 Å². The van der Waals surface area contributed by atoms with Gasteiger partial charge in [0, 0.05) is 16.8 Å². The maximum Gasteiger partial charge on any atom is 0.267 e. The van der Waals surface area contributed by atoms with Gasteiger partial charge in [-0.15, -0.1) is 11.3 Å². The summed E-state index contributed by atoms with van der Waals surface area (Å²) in [6.07, 6.45) is 0. The van der Waals surface area contributed by atoms with Gasteiger partial charge in [0.05, 0.1) is 11.3 Å². The van der Waals surface area contributed by atoms with Crippen molar-refractivity contribution in [3.05, 3.63) is 34.1 Å². The number of hydrazine groups is 1. The van der Waals surface area contributed by atoms with Crippen LogP contribution < -0.4 is 11.3 Å². The highest BCUT2D eigenvalue weighted by molar-refractivity contribution is 7.12. The summed E-state index contributed by atoms with van der Waals surface area (Å²) in [5.41, 5.74) is 5.52. The molecular weight excluding hydrogens is 236 g/mol. The summed E-state index contributed by atoms with van der Waals surface area (Å²) < 4.78 is 1.96. The van der Waals surface area contributed by atoms with E-state index >= 15 is 0 Å². The van der Waals surface area contributed by atoms with Gasteiger partial charge in [0.1, 0.15) is 0 Å². The van der Waals surface area contributed by atoms with Crippen LogP contribution in [0, 0.1) is 20.8 Å². The number of nitrogens with two attached hydrogens (primary N) is 1.